The molecule has 2 heterocycles. The maximum Gasteiger partial charge on any atom is 0.242 e. The predicted molar refractivity (Wildman–Crippen MR) is 92.3 cm³/mol. The van der Waals surface area contributed by atoms with Gasteiger partial charge in [0.05, 0.1) is 25.0 Å². The molecule has 3 aromatic rings. The highest BCUT2D eigenvalue weighted by Crippen LogP contribution is 2.20. The second-order valence-electron chi connectivity index (χ2n) is 5.14. The van der Waals surface area contributed by atoms with Crippen LogP contribution in [0, 0.1) is 0 Å². The molecule has 3 rings (SSSR count). The molecule has 0 saturated heterocycles. The van der Waals surface area contributed by atoms with E-state index in [1.54, 1.807) is 19.2 Å². The van der Waals surface area contributed by atoms with Crippen LogP contribution in [0.3, 0.4) is 0 Å². The molecule has 0 radical (unpaired) electrons. The molecule has 128 valence electrons. The van der Waals surface area contributed by atoms with Gasteiger partial charge in [-0.05, 0) is 42.5 Å². The largest absolute Gasteiger partial charge is 0.497 e. The lowest BCUT2D eigenvalue weighted by Crippen LogP contribution is -2.23. The fraction of sp³-hybridized carbons (Fsp3) is 0.118. The number of methoxy groups -OCH3 is 1. The molecule has 0 aliphatic carbocycles. The maximum absolute atomic E-state index is 12.2. The van der Waals surface area contributed by atoms with Crippen molar-refractivity contribution in [2.45, 2.75) is 11.4 Å². The molecule has 7 nitrogen and oxygen atoms in total. The van der Waals surface area contributed by atoms with Crippen molar-refractivity contribution >= 4 is 10.0 Å². The summed E-state index contributed by atoms with van der Waals surface area (Å²) in [6, 6.07) is 12.2. The summed E-state index contributed by atoms with van der Waals surface area (Å²) in [6.07, 6.45) is 4.23. The first-order valence-corrected chi connectivity index (χ1v) is 8.92. The summed E-state index contributed by atoms with van der Waals surface area (Å²) in [5.74, 6) is 0.752. The summed E-state index contributed by atoms with van der Waals surface area (Å²) >= 11 is 0. The van der Waals surface area contributed by atoms with Gasteiger partial charge in [0.2, 0.25) is 10.0 Å². The first kappa shape index (κ1) is 17.0. The predicted octanol–water partition coefficient (Wildman–Crippen LogP) is 2.03. The Morgan fingerprint density at radius 2 is 1.92 bits per heavy atom. The van der Waals surface area contributed by atoms with E-state index in [0.717, 1.165) is 11.3 Å². The van der Waals surface area contributed by atoms with E-state index in [1.807, 2.05) is 24.3 Å². The molecular formula is C17H16N4O3S. The molecule has 1 N–H and O–H groups in total. The van der Waals surface area contributed by atoms with Gasteiger partial charge in [0.25, 0.3) is 0 Å². The molecule has 1 aromatic carbocycles. The standard InChI is InChI=1S/C17H16N4O3S/c1-24-15-6-4-13(5-7-15)17-9-14(19-12-20-17)10-21-25(22,23)16-3-2-8-18-11-16/h2-9,11-12,21H,10H2,1H3. The van der Waals surface area contributed by atoms with Crippen LogP contribution in [0.25, 0.3) is 11.3 Å². The zero-order valence-electron chi connectivity index (χ0n) is 13.5. The summed E-state index contributed by atoms with van der Waals surface area (Å²) in [5, 5.41) is 0. The van der Waals surface area contributed by atoms with Crippen molar-refractivity contribution < 1.29 is 13.2 Å². The molecule has 25 heavy (non-hydrogen) atoms. The number of nitrogens with zero attached hydrogens (tertiary/aromatic N) is 3. The van der Waals surface area contributed by atoms with Gasteiger partial charge in [0.15, 0.2) is 0 Å². The Balaban J connectivity index is 1.76. The number of benzene rings is 1. The number of hydrogen-bond acceptors (Lipinski definition) is 6. The van der Waals surface area contributed by atoms with Crippen LogP contribution in [0.4, 0.5) is 0 Å². The minimum atomic E-state index is -3.63. The zero-order chi connectivity index (χ0) is 17.7. The Labute approximate surface area is 145 Å². The van der Waals surface area contributed by atoms with E-state index in [1.165, 1.54) is 24.8 Å². The molecule has 0 fully saturated rings. The highest BCUT2D eigenvalue weighted by Gasteiger charge is 2.14. The van der Waals surface area contributed by atoms with Crippen molar-refractivity contribution in [2.75, 3.05) is 7.11 Å². The van der Waals surface area contributed by atoms with E-state index in [-0.39, 0.29) is 11.4 Å². The number of rotatable bonds is 6. The molecule has 2 aromatic heterocycles. The van der Waals surface area contributed by atoms with E-state index < -0.39 is 10.0 Å². The lowest BCUT2D eigenvalue weighted by molar-refractivity contribution is 0.415. The molecule has 0 aliphatic heterocycles. The smallest absolute Gasteiger partial charge is 0.242 e. The quantitative estimate of drug-likeness (QED) is 0.726. The number of hydrogen-bond donors (Lipinski definition) is 1. The number of ether oxygens (including phenoxy) is 1. The highest BCUT2D eigenvalue weighted by atomic mass is 32.2. The van der Waals surface area contributed by atoms with Crippen LogP contribution in [0.1, 0.15) is 5.69 Å². The number of nitrogens with one attached hydrogen (secondary N) is 1. The van der Waals surface area contributed by atoms with Crippen molar-refractivity contribution in [3.63, 3.8) is 0 Å². The topological polar surface area (TPSA) is 94.1 Å². The van der Waals surface area contributed by atoms with Crippen LogP contribution in [-0.2, 0) is 16.6 Å². The van der Waals surface area contributed by atoms with E-state index in [9.17, 15) is 8.42 Å². The van der Waals surface area contributed by atoms with Gasteiger partial charge in [-0.3, -0.25) is 4.98 Å². The highest BCUT2D eigenvalue weighted by molar-refractivity contribution is 7.89. The van der Waals surface area contributed by atoms with Crippen molar-refractivity contribution in [3.8, 4) is 17.0 Å². The SMILES string of the molecule is COc1ccc(-c2cc(CNS(=O)(=O)c3cccnc3)ncn2)cc1. The van der Waals surface area contributed by atoms with Crippen LogP contribution < -0.4 is 9.46 Å². The Bertz CT molecular complexity index is 945. The minimum absolute atomic E-state index is 0.0584. The van der Waals surface area contributed by atoms with Gasteiger partial charge in [0.1, 0.15) is 17.0 Å². The monoisotopic (exact) mass is 356 g/mol. The van der Waals surface area contributed by atoms with Gasteiger partial charge in [-0.2, -0.15) is 0 Å². The molecule has 8 heteroatoms. The van der Waals surface area contributed by atoms with Gasteiger partial charge >= 0.3 is 0 Å². The van der Waals surface area contributed by atoms with E-state index in [4.69, 9.17) is 4.74 Å². The molecule has 0 amide bonds. The van der Waals surface area contributed by atoms with Crippen LogP contribution >= 0.6 is 0 Å². The molecule has 0 bridgehead atoms. The summed E-state index contributed by atoms with van der Waals surface area (Å²) < 4.78 is 32.1. The van der Waals surface area contributed by atoms with Gasteiger partial charge in [-0.15, -0.1) is 0 Å². The average molecular weight is 356 g/mol. The Morgan fingerprint density at radius 1 is 1.12 bits per heavy atom. The lowest BCUT2D eigenvalue weighted by atomic mass is 10.1. The van der Waals surface area contributed by atoms with Gasteiger partial charge in [0, 0.05) is 18.0 Å². The fourth-order valence-corrected chi connectivity index (χ4v) is 3.13. The molecular weight excluding hydrogens is 340 g/mol. The van der Waals surface area contributed by atoms with Gasteiger partial charge in [-0.25, -0.2) is 23.1 Å². The first-order chi connectivity index (χ1) is 12.1. The fourth-order valence-electron chi connectivity index (χ4n) is 2.17. The van der Waals surface area contributed by atoms with Crippen molar-refractivity contribution in [1.82, 2.24) is 19.7 Å². The maximum atomic E-state index is 12.2. The molecule has 0 saturated carbocycles. The van der Waals surface area contributed by atoms with Crippen LogP contribution in [-0.4, -0.2) is 30.5 Å². The average Bonchev–Trinajstić information content (AvgIpc) is 2.67. The zero-order valence-corrected chi connectivity index (χ0v) is 14.3. The lowest BCUT2D eigenvalue weighted by Gasteiger charge is -2.07. The van der Waals surface area contributed by atoms with Gasteiger partial charge < -0.3 is 4.74 Å². The summed E-state index contributed by atoms with van der Waals surface area (Å²) in [6.45, 7) is 0.0584. The normalized spacial score (nSPS) is 11.2. The van der Waals surface area contributed by atoms with Crippen molar-refractivity contribution in [1.29, 1.82) is 0 Å². The third-order valence-corrected chi connectivity index (χ3v) is 4.88. The van der Waals surface area contributed by atoms with Crippen LogP contribution in [0.2, 0.25) is 0 Å². The van der Waals surface area contributed by atoms with Crippen molar-refractivity contribution in [2.24, 2.45) is 0 Å². The second kappa shape index (κ2) is 7.37. The molecule has 0 spiro atoms. The van der Waals surface area contributed by atoms with E-state index in [2.05, 4.69) is 19.7 Å². The number of sulfonamides is 1. The summed E-state index contributed by atoms with van der Waals surface area (Å²) in [5.41, 5.74) is 2.15. The third-order valence-electron chi connectivity index (χ3n) is 3.50. The Kier molecular flexibility index (Phi) is 5.01. The van der Waals surface area contributed by atoms with E-state index in [0.29, 0.717) is 11.4 Å². The summed E-state index contributed by atoms with van der Waals surface area (Å²) in [7, 11) is -2.03. The molecule has 0 atom stereocenters. The second-order valence-corrected chi connectivity index (χ2v) is 6.90. The Hall–Kier alpha value is -2.84. The first-order valence-electron chi connectivity index (χ1n) is 7.43. The van der Waals surface area contributed by atoms with Gasteiger partial charge in [-0.1, -0.05) is 0 Å². The Morgan fingerprint density at radius 3 is 2.60 bits per heavy atom. The molecule has 0 unspecified atom stereocenters. The van der Waals surface area contributed by atoms with Crippen LogP contribution in [0.15, 0.2) is 66.1 Å². The molecule has 0 aliphatic rings. The van der Waals surface area contributed by atoms with Crippen molar-refractivity contribution in [3.05, 3.63) is 66.9 Å². The number of aromatic nitrogens is 3. The third kappa shape index (κ3) is 4.17. The summed E-state index contributed by atoms with van der Waals surface area (Å²) in [4.78, 5) is 12.3. The van der Waals surface area contributed by atoms with Crippen LogP contribution in [0.5, 0.6) is 5.75 Å². The number of pyridine rings is 1. The van der Waals surface area contributed by atoms with E-state index >= 15 is 0 Å². The minimum Gasteiger partial charge on any atom is -0.497 e.